The van der Waals surface area contributed by atoms with Gasteiger partial charge in [-0.15, -0.1) is 0 Å². The van der Waals surface area contributed by atoms with Gasteiger partial charge in [0.2, 0.25) is 5.91 Å². The quantitative estimate of drug-likeness (QED) is 0.664. The van der Waals surface area contributed by atoms with Crippen molar-refractivity contribution >= 4 is 23.5 Å². The van der Waals surface area contributed by atoms with Crippen LogP contribution in [0.3, 0.4) is 0 Å². The number of Topliss-reactive ketones (excluding diaryl/α,β-unsaturated/α-hetero) is 2. The predicted octanol–water partition coefficient (Wildman–Crippen LogP) is 4.91. The lowest BCUT2D eigenvalue weighted by Crippen LogP contribution is -2.36. The summed E-state index contributed by atoms with van der Waals surface area (Å²) in [5.41, 5.74) is 5.87. The number of ketones is 2. The van der Waals surface area contributed by atoms with Gasteiger partial charge in [-0.1, -0.05) is 59.7 Å². The summed E-state index contributed by atoms with van der Waals surface area (Å²) in [5, 5.41) is 3.11. The van der Waals surface area contributed by atoms with Crippen LogP contribution >= 0.6 is 0 Å². The summed E-state index contributed by atoms with van der Waals surface area (Å²) in [5.74, 6) is -1.60. The Morgan fingerprint density at radius 2 is 1.62 bits per heavy atom. The molecule has 0 aliphatic heterocycles. The number of aryl methyl sites for hydroxylation is 4. The Labute approximate surface area is 190 Å². The average Bonchev–Trinajstić information content (AvgIpc) is 3.42. The lowest BCUT2D eigenvalue weighted by atomic mass is 9.86. The van der Waals surface area contributed by atoms with Crippen LogP contribution in [0, 0.1) is 33.6 Å². The first-order chi connectivity index (χ1) is 15.2. The minimum absolute atomic E-state index is 0.0664. The molecular weight excluding hydrogens is 398 g/mol. The van der Waals surface area contributed by atoms with Crippen LogP contribution in [0.5, 0.6) is 0 Å². The Hall–Kier alpha value is -3.01. The zero-order chi connectivity index (χ0) is 23.0. The Morgan fingerprint density at radius 3 is 2.22 bits per heavy atom. The highest BCUT2D eigenvalue weighted by atomic mass is 16.2. The molecule has 4 nitrogen and oxygen atoms in total. The minimum atomic E-state index is -0.732. The Bertz CT molecular complexity index is 1080. The van der Waals surface area contributed by atoms with Crippen LogP contribution in [0.4, 0.5) is 0 Å². The molecule has 2 aliphatic rings. The van der Waals surface area contributed by atoms with Crippen molar-refractivity contribution in [3.8, 4) is 0 Å². The summed E-state index contributed by atoms with van der Waals surface area (Å²) >= 11 is 0. The van der Waals surface area contributed by atoms with Gasteiger partial charge in [-0.2, -0.15) is 0 Å². The number of amides is 1. The van der Waals surface area contributed by atoms with Gasteiger partial charge >= 0.3 is 0 Å². The van der Waals surface area contributed by atoms with Crippen LogP contribution in [0.2, 0.25) is 0 Å². The molecule has 0 radical (unpaired) electrons. The van der Waals surface area contributed by atoms with E-state index in [0.29, 0.717) is 0 Å². The molecule has 2 fully saturated rings. The fourth-order valence-corrected chi connectivity index (χ4v) is 4.93. The highest BCUT2D eigenvalue weighted by Gasteiger charge is 2.46. The molecule has 0 spiro atoms. The van der Waals surface area contributed by atoms with Crippen molar-refractivity contribution in [3.05, 3.63) is 75.9 Å². The monoisotopic (exact) mass is 429 g/mol. The number of rotatable bonds is 6. The highest BCUT2D eigenvalue weighted by Crippen LogP contribution is 2.40. The van der Waals surface area contributed by atoms with Crippen LogP contribution < -0.4 is 5.32 Å². The van der Waals surface area contributed by atoms with Crippen LogP contribution in [0.1, 0.15) is 65.0 Å². The second-order valence-electron chi connectivity index (χ2n) is 9.67. The van der Waals surface area contributed by atoms with Gasteiger partial charge in [-0.05, 0) is 62.8 Å². The number of hydrogen-bond donors (Lipinski definition) is 1. The maximum Gasteiger partial charge on any atom is 0.221 e. The third kappa shape index (κ3) is 4.59. The summed E-state index contributed by atoms with van der Waals surface area (Å²) in [7, 11) is 0. The highest BCUT2D eigenvalue weighted by molar-refractivity contribution is 6.15. The molecule has 0 heterocycles. The fourth-order valence-electron chi connectivity index (χ4n) is 4.93. The van der Waals surface area contributed by atoms with Gasteiger partial charge in [0.05, 0.1) is 5.54 Å². The van der Waals surface area contributed by atoms with Gasteiger partial charge < -0.3 is 5.32 Å². The van der Waals surface area contributed by atoms with E-state index >= 15 is 0 Å². The van der Waals surface area contributed by atoms with Crippen LogP contribution in [0.25, 0.3) is 6.08 Å². The molecular formula is C28H31NO3. The normalized spacial score (nSPS) is 21.9. The summed E-state index contributed by atoms with van der Waals surface area (Å²) in [6.45, 7) is 7.97. The lowest BCUT2D eigenvalue weighted by molar-refractivity contribution is -0.128. The van der Waals surface area contributed by atoms with E-state index in [1.807, 2.05) is 39.0 Å². The van der Waals surface area contributed by atoms with Crippen molar-refractivity contribution in [2.75, 3.05) is 0 Å². The van der Waals surface area contributed by atoms with Gasteiger partial charge in [0.1, 0.15) is 11.7 Å². The van der Waals surface area contributed by atoms with E-state index in [1.165, 1.54) is 5.56 Å². The minimum Gasteiger partial charge on any atom is -0.347 e. The van der Waals surface area contributed by atoms with Crippen molar-refractivity contribution in [1.29, 1.82) is 0 Å². The smallest absolute Gasteiger partial charge is 0.221 e. The molecule has 32 heavy (non-hydrogen) atoms. The van der Waals surface area contributed by atoms with Gasteiger partial charge in [0, 0.05) is 18.8 Å². The summed E-state index contributed by atoms with van der Waals surface area (Å²) in [4.78, 5) is 38.7. The topological polar surface area (TPSA) is 63.2 Å². The van der Waals surface area contributed by atoms with E-state index in [1.54, 1.807) is 0 Å². The number of nitrogens with one attached hydrogen (secondary N) is 1. The molecule has 166 valence electrons. The second-order valence-corrected chi connectivity index (χ2v) is 9.67. The van der Waals surface area contributed by atoms with E-state index in [4.69, 9.17) is 0 Å². The average molecular weight is 430 g/mol. The molecule has 4 rings (SSSR count). The molecule has 0 saturated heterocycles. The standard InChI is InChI=1S/C28H31NO3/c1-17-5-7-21(8-6-17)9-10-28(11-12-28)29-24(31)16-22-15-23(30)26(27(22)32)25-19(3)13-18(2)14-20(25)4/h5-10,13-14,22,26H,11-12,15-16H2,1-4H3,(H,29,31)/b10-9+. The van der Waals surface area contributed by atoms with Crippen LogP contribution in [-0.2, 0) is 14.4 Å². The van der Waals surface area contributed by atoms with Gasteiger partial charge in [0.15, 0.2) is 5.78 Å². The summed E-state index contributed by atoms with van der Waals surface area (Å²) < 4.78 is 0. The van der Waals surface area contributed by atoms with Gasteiger partial charge in [-0.25, -0.2) is 0 Å². The Balaban J connectivity index is 1.41. The molecule has 1 N–H and O–H groups in total. The molecule has 0 aromatic heterocycles. The van der Waals surface area contributed by atoms with E-state index < -0.39 is 11.8 Å². The third-order valence-corrected chi connectivity index (χ3v) is 6.76. The van der Waals surface area contributed by atoms with E-state index in [9.17, 15) is 14.4 Å². The first-order valence-electron chi connectivity index (χ1n) is 11.4. The molecule has 2 aliphatic carbocycles. The lowest BCUT2D eigenvalue weighted by Gasteiger charge is -2.17. The first-order valence-corrected chi connectivity index (χ1v) is 11.4. The molecule has 2 atom stereocenters. The van der Waals surface area contributed by atoms with Crippen molar-refractivity contribution in [2.24, 2.45) is 5.92 Å². The number of benzene rings is 2. The number of carbonyl (C=O) groups excluding carboxylic acids is 3. The van der Waals surface area contributed by atoms with E-state index in [0.717, 1.165) is 40.7 Å². The molecule has 0 bridgehead atoms. The second kappa shape index (κ2) is 8.50. The molecule has 2 saturated carbocycles. The van der Waals surface area contributed by atoms with Crippen molar-refractivity contribution in [3.63, 3.8) is 0 Å². The molecule has 2 aromatic carbocycles. The maximum atomic E-state index is 13.1. The van der Waals surface area contributed by atoms with Gasteiger partial charge in [-0.3, -0.25) is 14.4 Å². The zero-order valence-corrected chi connectivity index (χ0v) is 19.3. The Morgan fingerprint density at radius 1 is 1.00 bits per heavy atom. The number of hydrogen-bond acceptors (Lipinski definition) is 3. The molecule has 2 unspecified atom stereocenters. The molecule has 1 amide bonds. The predicted molar refractivity (Wildman–Crippen MR) is 126 cm³/mol. The van der Waals surface area contributed by atoms with Gasteiger partial charge in [0.25, 0.3) is 0 Å². The summed E-state index contributed by atoms with van der Waals surface area (Å²) in [6, 6.07) is 12.3. The number of carbonyl (C=O) groups is 3. The fraction of sp³-hybridized carbons (Fsp3) is 0.393. The molecule has 4 heteroatoms. The molecule has 2 aromatic rings. The maximum absolute atomic E-state index is 13.1. The SMILES string of the molecule is Cc1ccc(/C=C/C2(NC(=O)CC3CC(=O)C(c4c(C)cc(C)cc4C)C3=O)CC2)cc1. The third-order valence-electron chi connectivity index (χ3n) is 6.76. The summed E-state index contributed by atoms with van der Waals surface area (Å²) in [6.07, 6.45) is 6.10. The van der Waals surface area contributed by atoms with Crippen LogP contribution in [0.15, 0.2) is 42.5 Å². The van der Waals surface area contributed by atoms with E-state index in [-0.39, 0.29) is 35.9 Å². The van der Waals surface area contributed by atoms with Crippen molar-refractivity contribution < 1.29 is 14.4 Å². The zero-order valence-electron chi connectivity index (χ0n) is 19.3. The van der Waals surface area contributed by atoms with E-state index in [2.05, 4.69) is 42.6 Å². The first kappa shape index (κ1) is 22.2. The van der Waals surface area contributed by atoms with Crippen LogP contribution in [-0.4, -0.2) is 23.0 Å². The Kier molecular flexibility index (Phi) is 5.89. The van der Waals surface area contributed by atoms with Crippen molar-refractivity contribution in [2.45, 2.75) is 64.8 Å². The largest absolute Gasteiger partial charge is 0.347 e. The van der Waals surface area contributed by atoms with Crippen molar-refractivity contribution in [1.82, 2.24) is 5.32 Å².